The Hall–Kier alpha value is -1.09. The van der Waals surface area contributed by atoms with Crippen molar-refractivity contribution in [2.45, 2.75) is 19.8 Å². The number of aromatic nitrogens is 1. The van der Waals surface area contributed by atoms with E-state index in [1.54, 1.807) is 7.11 Å². The molecule has 0 amide bonds. The molecule has 0 radical (unpaired) electrons. The minimum absolute atomic E-state index is 0.228. The molecule has 1 heterocycles. The van der Waals surface area contributed by atoms with Gasteiger partial charge in [0.05, 0.1) is 7.11 Å². The first-order valence-corrected chi connectivity index (χ1v) is 4.39. The van der Waals surface area contributed by atoms with Crippen LogP contribution in [0, 0.1) is 6.92 Å². The van der Waals surface area contributed by atoms with Gasteiger partial charge in [-0.25, -0.2) is 4.98 Å². The third-order valence-corrected chi connectivity index (χ3v) is 1.98. The van der Waals surface area contributed by atoms with Crippen LogP contribution in [0.2, 0.25) is 0 Å². The van der Waals surface area contributed by atoms with Gasteiger partial charge >= 0.3 is 0 Å². The Morgan fingerprint density at radius 2 is 2.23 bits per heavy atom. The van der Waals surface area contributed by atoms with Crippen LogP contribution in [0.4, 0.5) is 0 Å². The predicted molar refractivity (Wildman–Crippen MR) is 50.9 cm³/mol. The molecule has 1 aromatic rings. The van der Waals surface area contributed by atoms with Crippen LogP contribution in [-0.2, 0) is 6.42 Å². The van der Waals surface area contributed by atoms with E-state index in [0.29, 0.717) is 5.88 Å². The van der Waals surface area contributed by atoms with Crippen molar-refractivity contribution in [3.8, 4) is 5.88 Å². The van der Waals surface area contributed by atoms with Crippen LogP contribution in [0.3, 0.4) is 0 Å². The summed E-state index contributed by atoms with van der Waals surface area (Å²) in [5.41, 5.74) is 2.16. The van der Waals surface area contributed by atoms with Gasteiger partial charge in [0, 0.05) is 18.4 Å². The predicted octanol–water partition coefficient (Wildman–Crippen LogP) is 1.32. The minimum atomic E-state index is 0.228. The summed E-state index contributed by atoms with van der Waals surface area (Å²) >= 11 is 0. The van der Waals surface area contributed by atoms with Crippen LogP contribution >= 0.6 is 0 Å². The molecule has 3 heteroatoms. The zero-order chi connectivity index (χ0) is 9.68. The highest BCUT2D eigenvalue weighted by molar-refractivity contribution is 5.24. The topological polar surface area (TPSA) is 42.4 Å². The summed E-state index contributed by atoms with van der Waals surface area (Å²) < 4.78 is 4.99. The number of pyridine rings is 1. The maximum absolute atomic E-state index is 8.67. The van der Waals surface area contributed by atoms with Gasteiger partial charge in [0.1, 0.15) is 0 Å². The maximum Gasteiger partial charge on any atom is 0.213 e. The number of rotatable bonds is 4. The summed E-state index contributed by atoms with van der Waals surface area (Å²) in [6.07, 6.45) is 1.66. The number of methoxy groups -OCH3 is 1. The average Bonchev–Trinajstić information content (AvgIpc) is 2.16. The summed E-state index contributed by atoms with van der Waals surface area (Å²) in [5.74, 6) is 0.644. The zero-order valence-corrected chi connectivity index (χ0v) is 8.08. The standard InChI is InChI=1S/C10H15NO2/c1-8-9(4-3-7-12)5-6-10(11-8)13-2/h5-6,12H,3-4,7H2,1-2H3. The fourth-order valence-corrected chi connectivity index (χ4v) is 1.21. The number of aryl methyl sites for hydroxylation is 2. The van der Waals surface area contributed by atoms with Gasteiger partial charge in [-0.15, -0.1) is 0 Å². The highest BCUT2D eigenvalue weighted by Gasteiger charge is 2.00. The van der Waals surface area contributed by atoms with Crippen molar-refractivity contribution in [2.24, 2.45) is 0 Å². The molecule has 0 aromatic carbocycles. The Morgan fingerprint density at radius 3 is 2.77 bits per heavy atom. The van der Waals surface area contributed by atoms with Crippen molar-refractivity contribution in [1.82, 2.24) is 4.98 Å². The second-order valence-electron chi connectivity index (χ2n) is 2.93. The van der Waals surface area contributed by atoms with Gasteiger partial charge in [0.15, 0.2) is 0 Å². The van der Waals surface area contributed by atoms with Crippen molar-refractivity contribution in [2.75, 3.05) is 13.7 Å². The maximum atomic E-state index is 8.67. The third kappa shape index (κ3) is 2.70. The van der Waals surface area contributed by atoms with Gasteiger partial charge in [0.2, 0.25) is 5.88 Å². The molecular formula is C10H15NO2. The zero-order valence-electron chi connectivity index (χ0n) is 8.08. The molecule has 0 unspecified atom stereocenters. The molecule has 0 atom stereocenters. The summed E-state index contributed by atoms with van der Waals surface area (Å²) in [6, 6.07) is 3.84. The molecule has 0 aliphatic rings. The van der Waals surface area contributed by atoms with Crippen molar-refractivity contribution >= 4 is 0 Å². The molecule has 13 heavy (non-hydrogen) atoms. The second-order valence-corrected chi connectivity index (χ2v) is 2.93. The number of nitrogens with zero attached hydrogens (tertiary/aromatic N) is 1. The summed E-state index contributed by atoms with van der Waals surface area (Å²) in [4.78, 5) is 4.24. The third-order valence-electron chi connectivity index (χ3n) is 1.98. The summed E-state index contributed by atoms with van der Waals surface area (Å²) in [7, 11) is 1.61. The van der Waals surface area contributed by atoms with Crippen LogP contribution < -0.4 is 4.74 Å². The van der Waals surface area contributed by atoms with Crippen molar-refractivity contribution < 1.29 is 9.84 Å². The van der Waals surface area contributed by atoms with E-state index >= 15 is 0 Å². The molecular weight excluding hydrogens is 166 g/mol. The van der Waals surface area contributed by atoms with E-state index in [0.717, 1.165) is 18.5 Å². The number of aliphatic hydroxyl groups excluding tert-OH is 1. The molecule has 1 aromatic heterocycles. The molecule has 72 valence electrons. The number of hydrogen-bond donors (Lipinski definition) is 1. The Kier molecular flexibility index (Phi) is 3.71. The summed E-state index contributed by atoms with van der Waals surface area (Å²) in [6.45, 7) is 2.18. The first-order chi connectivity index (χ1) is 6.27. The lowest BCUT2D eigenvalue weighted by Gasteiger charge is -2.05. The van der Waals surface area contributed by atoms with Gasteiger partial charge in [-0.05, 0) is 25.3 Å². The Balaban J connectivity index is 2.73. The van der Waals surface area contributed by atoms with E-state index in [2.05, 4.69) is 4.98 Å². The van der Waals surface area contributed by atoms with Crippen LogP contribution in [0.5, 0.6) is 5.88 Å². The Bertz CT molecular complexity index is 274. The van der Waals surface area contributed by atoms with Crippen LogP contribution in [0.1, 0.15) is 17.7 Å². The van der Waals surface area contributed by atoms with Crippen LogP contribution in [-0.4, -0.2) is 23.8 Å². The number of ether oxygens (including phenoxy) is 1. The molecule has 0 saturated heterocycles. The smallest absolute Gasteiger partial charge is 0.213 e. The molecule has 1 N–H and O–H groups in total. The molecule has 1 rings (SSSR count). The molecule has 0 aliphatic carbocycles. The van der Waals surface area contributed by atoms with Gasteiger partial charge in [-0.2, -0.15) is 0 Å². The molecule has 0 bridgehead atoms. The second kappa shape index (κ2) is 4.82. The minimum Gasteiger partial charge on any atom is -0.481 e. The molecule has 3 nitrogen and oxygen atoms in total. The summed E-state index contributed by atoms with van der Waals surface area (Å²) in [5, 5.41) is 8.67. The SMILES string of the molecule is COc1ccc(CCCO)c(C)n1. The van der Waals surface area contributed by atoms with Gasteiger partial charge in [-0.1, -0.05) is 6.07 Å². The van der Waals surface area contributed by atoms with Crippen molar-refractivity contribution in [3.63, 3.8) is 0 Å². The van der Waals surface area contributed by atoms with E-state index < -0.39 is 0 Å². The van der Waals surface area contributed by atoms with E-state index in [9.17, 15) is 0 Å². The van der Waals surface area contributed by atoms with E-state index in [1.165, 1.54) is 5.56 Å². The van der Waals surface area contributed by atoms with Crippen molar-refractivity contribution in [3.05, 3.63) is 23.4 Å². The fraction of sp³-hybridized carbons (Fsp3) is 0.500. The molecule has 0 fully saturated rings. The highest BCUT2D eigenvalue weighted by Crippen LogP contribution is 2.13. The fourth-order valence-electron chi connectivity index (χ4n) is 1.21. The van der Waals surface area contributed by atoms with Crippen molar-refractivity contribution in [1.29, 1.82) is 0 Å². The molecule has 0 spiro atoms. The number of aliphatic hydroxyl groups is 1. The average molecular weight is 181 g/mol. The lowest BCUT2D eigenvalue weighted by Crippen LogP contribution is -1.97. The monoisotopic (exact) mass is 181 g/mol. The Morgan fingerprint density at radius 1 is 1.46 bits per heavy atom. The van der Waals surface area contributed by atoms with Gasteiger partial charge in [0.25, 0.3) is 0 Å². The van der Waals surface area contributed by atoms with Crippen LogP contribution in [0.25, 0.3) is 0 Å². The van der Waals surface area contributed by atoms with E-state index in [4.69, 9.17) is 9.84 Å². The lowest BCUT2D eigenvalue weighted by molar-refractivity contribution is 0.288. The largest absolute Gasteiger partial charge is 0.481 e. The first-order valence-electron chi connectivity index (χ1n) is 4.39. The molecule has 0 aliphatic heterocycles. The number of hydrogen-bond acceptors (Lipinski definition) is 3. The van der Waals surface area contributed by atoms with E-state index in [1.807, 2.05) is 19.1 Å². The highest BCUT2D eigenvalue weighted by atomic mass is 16.5. The van der Waals surface area contributed by atoms with Crippen LogP contribution in [0.15, 0.2) is 12.1 Å². The normalized spacial score (nSPS) is 10.1. The lowest BCUT2D eigenvalue weighted by atomic mass is 10.1. The Labute approximate surface area is 78.4 Å². The molecule has 0 saturated carbocycles. The first kappa shape index (κ1) is 9.99. The van der Waals surface area contributed by atoms with Gasteiger partial charge in [-0.3, -0.25) is 0 Å². The quantitative estimate of drug-likeness (QED) is 0.761. The van der Waals surface area contributed by atoms with Gasteiger partial charge < -0.3 is 9.84 Å². The van der Waals surface area contributed by atoms with E-state index in [-0.39, 0.29) is 6.61 Å².